The predicted octanol–water partition coefficient (Wildman–Crippen LogP) is 6.26. The van der Waals surface area contributed by atoms with Crippen molar-refractivity contribution in [1.82, 2.24) is 4.57 Å². The van der Waals surface area contributed by atoms with E-state index in [9.17, 15) is 36.7 Å². The zero-order chi connectivity index (χ0) is 30.6. The Labute approximate surface area is 257 Å². The Hall–Kier alpha value is -3.75. The first-order chi connectivity index (χ1) is 20.4. The molecule has 6 rings (SSSR count). The second-order valence-corrected chi connectivity index (χ2v) is 12.9. The van der Waals surface area contributed by atoms with Gasteiger partial charge < -0.3 is 5.32 Å². The molecule has 0 radical (unpaired) electrons. The van der Waals surface area contributed by atoms with Gasteiger partial charge >= 0.3 is 11.0 Å². The predicted molar refractivity (Wildman–Crippen MR) is 157 cm³/mol. The van der Waals surface area contributed by atoms with E-state index in [1.54, 1.807) is 24.3 Å². The van der Waals surface area contributed by atoms with Gasteiger partial charge in [-0.1, -0.05) is 57.2 Å². The number of benzene rings is 3. The number of carbonyl (C=O) groups is 3. The number of halogens is 5. The van der Waals surface area contributed by atoms with Crippen LogP contribution in [0.5, 0.6) is 0 Å². The van der Waals surface area contributed by atoms with Crippen LogP contribution in [0.3, 0.4) is 0 Å². The molecule has 2 unspecified atom stereocenters. The fourth-order valence-corrected chi connectivity index (χ4v) is 8.47. The van der Waals surface area contributed by atoms with E-state index in [0.717, 1.165) is 58.3 Å². The molecule has 1 fully saturated rings. The van der Waals surface area contributed by atoms with Crippen molar-refractivity contribution in [2.24, 2.45) is 5.92 Å². The number of imide groups is 1. The highest BCUT2D eigenvalue weighted by atomic mass is 79.9. The number of fused-ring (bicyclic) bond motifs is 2. The van der Waals surface area contributed by atoms with Crippen molar-refractivity contribution in [2.75, 3.05) is 10.2 Å². The maximum atomic E-state index is 13.8. The van der Waals surface area contributed by atoms with Crippen LogP contribution in [-0.2, 0) is 27.1 Å². The average molecular weight is 693 g/mol. The molecule has 1 saturated heterocycles. The summed E-state index contributed by atoms with van der Waals surface area (Å²) in [6.45, 7) is -0.527. The lowest BCUT2D eigenvalue weighted by atomic mass is 9.83. The van der Waals surface area contributed by atoms with Crippen LogP contribution in [0.25, 0.3) is 0 Å². The minimum atomic E-state index is -4.61. The lowest BCUT2D eigenvalue weighted by Crippen LogP contribution is -2.33. The van der Waals surface area contributed by atoms with Crippen LogP contribution in [0.15, 0.2) is 87.1 Å². The summed E-state index contributed by atoms with van der Waals surface area (Å²) >= 11 is 5.27. The van der Waals surface area contributed by atoms with Crippen LogP contribution in [-0.4, -0.2) is 27.5 Å². The van der Waals surface area contributed by atoms with E-state index in [1.165, 1.54) is 22.8 Å². The molecule has 2 aliphatic heterocycles. The first kappa shape index (κ1) is 29.3. The van der Waals surface area contributed by atoms with Crippen LogP contribution >= 0.6 is 39.0 Å². The number of thiazole rings is 1. The summed E-state index contributed by atoms with van der Waals surface area (Å²) < 4.78 is 54.9. The van der Waals surface area contributed by atoms with Crippen molar-refractivity contribution in [3.8, 4) is 0 Å². The van der Waals surface area contributed by atoms with E-state index in [1.807, 2.05) is 0 Å². The van der Waals surface area contributed by atoms with Gasteiger partial charge in [0.1, 0.15) is 17.6 Å². The van der Waals surface area contributed by atoms with E-state index in [-0.39, 0.29) is 11.4 Å². The van der Waals surface area contributed by atoms with Crippen LogP contribution in [0.2, 0.25) is 0 Å². The number of amides is 3. The number of anilines is 2. The summed E-state index contributed by atoms with van der Waals surface area (Å²) in [6.07, 6.45) is -4.61. The molecule has 0 bridgehead atoms. The summed E-state index contributed by atoms with van der Waals surface area (Å²) in [6, 6.07) is 16.2. The van der Waals surface area contributed by atoms with Gasteiger partial charge in [-0.3, -0.25) is 23.7 Å². The number of aromatic nitrogens is 1. The van der Waals surface area contributed by atoms with E-state index in [4.69, 9.17) is 0 Å². The topological polar surface area (TPSA) is 88.5 Å². The third-order valence-electron chi connectivity index (χ3n) is 7.12. The van der Waals surface area contributed by atoms with Gasteiger partial charge in [-0.2, -0.15) is 13.2 Å². The Morgan fingerprint density at radius 2 is 1.67 bits per heavy atom. The number of carbonyl (C=O) groups excluding carboxylic acids is 3. The van der Waals surface area contributed by atoms with Crippen LogP contribution in [0.4, 0.5) is 28.9 Å². The molecule has 1 N–H and O–H groups in total. The minimum Gasteiger partial charge on any atom is -0.325 e. The number of rotatable bonds is 5. The number of hydrogen-bond acceptors (Lipinski definition) is 6. The van der Waals surface area contributed by atoms with Crippen molar-refractivity contribution in [1.29, 1.82) is 0 Å². The zero-order valence-electron chi connectivity index (χ0n) is 21.6. The Morgan fingerprint density at radius 3 is 2.37 bits per heavy atom. The molecule has 43 heavy (non-hydrogen) atoms. The van der Waals surface area contributed by atoms with Gasteiger partial charge in [-0.05, 0) is 60.2 Å². The van der Waals surface area contributed by atoms with E-state index in [2.05, 4.69) is 21.2 Å². The Balaban J connectivity index is 1.38. The fourth-order valence-electron chi connectivity index (χ4n) is 5.28. The highest BCUT2D eigenvalue weighted by Crippen LogP contribution is 2.54. The van der Waals surface area contributed by atoms with Crippen LogP contribution < -0.4 is 15.1 Å². The van der Waals surface area contributed by atoms with Gasteiger partial charge in [0.05, 0.1) is 22.2 Å². The van der Waals surface area contributed by atoms with Crippen molar-refractivity contribution in [3.63, 3.8) is 0 Å². The maximum Gasteiger partial charge on any atom is 0.416 e. The normalized spacial score (nSPS) is 19.7. The molecular formula is C29H18BrF4N3O4S2. The van der Waals surface area contributed by atoms with Crippen molar-refractivity contribution < 1.29 is 31.9 Å². The Morgan fingerprint density at radius 1 is 0.953 bits per heavy atom. The van der Waals surface area contributed by atoms with E-state index >= 15 is 0 Å². The highest BCUT2D eigenvalue weighted by Gasteiger charge is 2.56. The molecule has 0 saturated carbocycles. The van der Waals surface area contributed by atoms with E-state index in [0.29, 0.717) is 19.9 Å². The number of nitrogens with zero attached hydrogens (tertiary/aromatic N) is 2. The monoisotopic (exact) mass is 691 g/mol. The molecule has 3 aromatic carbocycles. The van der Waals surface area contributed by atoms with Gasteiger partial charge in [0, 0.05) is 21.0 Å². The smallest absolute Gasteiger partial charge is 0.325 e. The minimum absolute atomic E-state index is 0.0943. The molecule has 3 atom stereocenters. The SMILES string of the molecule is O=C(Cn1c2c(sc1=O)[C@H](c1cccc(Br)c1)C1C(=O)N(c3ccc(F)cc3)C(=O)C1S2)Nc1cccc(C(F)(F)F)c1. The highest BCUT2D eigenvalue weighted by molar-refractivity contribution is 9.10. The van der Waals surface area contributed by atoms with Gasteiger partial charge in [0.25, 0.3) is 0 Å². The Kier molecular flexibility index (Phi) is 7.55. The molecular weight excluding hydrogens is 674 g/mol. The zero-order valence-corrected chi connectivity index (χ0v) is 24.8. The summed E-state index contributed by atoms with van der Waals surface area (Å²) in [5.74, 6) is -3.93. The second kappa shape index (κ2) is 11.1. The largest absolute Gasteiger partial charge is 0.416 e. The molecule has 14 heteroatoms. The van der Waals surface area contributed by atoms with Crippen molar-refractivity contribution in [2.45, 2.75) is 28.9 Å². The number of alkyl halides is 3. The summed E-state index contributed by atoms with van der Waals surface area (Å²) in [5.41, 5.74) is -0.164. The third-order valence-corrected chi connectivity index (χ3v) is 10.2. The molecule has 1 aromatic heterocycles. The van der Waals surface area contributed by atoms with Crippen LogP contribution in [0.1, 0.15) is 21.9 Å². The van der Waals surface area contributed by atoms with Crippen LogP contribution in [0, 0.1) is 11.7 Å². The lowest BCUT2D eigenvalue weighted by molar-refractivity contribution is -0.137. The van der Waals surface area contributed by atoms with Gasteiger partial charge in [-0.25, -0.2) is 9.29 Å². The first-order valence-corrected chi connectivity index (χ1v) is 15.2. The summed E-state index contributed by atoms with van der Waals surface area (Å²) in [7, 11) is 0. The number of thioether (sulfide) groups is 1. The molecule has 7 nitrogen and oxygen atoms in total. The molecule has 220 valence electrons. The third kappa shape index (κ3) is 5.43. The second-order valence-electron chi connectivity index (χ2n) is 9.84. The van der Waals surface area contributed by atoms with Gasteiger partial charge in [0.15, 0.2) is 0 Å². The van der Waals surface area contributed by atoms with Gasteiger partial charge in [-0.15, -0.1) is 0 Å². The number of nitrogens with one attached hydrogen (secondary N) is 1. The Bertz CT molecular complexity index is 1840. The molecule has 4 aromatic rings. The van der Waals surface area contributed by atoms with E-state index < -0.39 is 63.8 Å². The lowest BCUT2D eigenvalue weighted by Gasteiger charge is -2.30. The molecule has 0 spiro atoms. The molecule has 0 aliphatic carbocycles. The maximum absolute atomic E-state index is 13.8. The molecule has 2 aliphatic rings. The summed E-state index contributed by atoms with van der Waals surface area (Å²) in [5, 5.41) is 1.77. The fraction of sp³-hybridized carbons (Fsp3) is 0.172. The quantitative estimate of drug-likeness (QED) is 0.197. The number of hydrogen-bond donors (Lipinski definition) is 1. The average Bonchev–Trinajstić information content (AvgIpc) is 3.39. The van der Waals surface area contributed by atoms with Crippen molar-refractivity contribution in [3.05, 3.63) is 109 Å². The summed E-state index contributed by atoms with van der Waals surface area (Å²) in [4.78, 5) is 54.7. The standard InChI is InChI=1S/C29H18BrF4N3O4S2/c30-16-5-1-3-14(11-16)21-22-23(26(40)37(25(22)39)19-9-7-17(31)8-10-19)42-27-24(21)43-28(41)36(27)13-20(38)35-18-6-2-4-15(12-18)29(32,33)34/h1-12,21-23H,13H2,(H,35,38)/t21-,22?,23?/m1/s1. The first-order valence-electron chi connectivity index (χ1n) is 12.7. The molecule has 3 heterocycles. The molecule has 3 amide bonds. The van der Waals surface area contributed by atoms with Gasteiger partial charge in [0.2, 0.25) is 17.7 Å². The van der Waals surface area contributed by atoms with Crippen molar-refractivity contribution >= 4 is 68.1 Å².